The number of thiophene rings is 1. The molecule has 3 aromatic rings. The number of H-pyrrole nitrogens is 1. The molecule has 0 aliphatic carbocycles. The van der Waals surface area contributed by atoms with E-state index in [-0.39, 0.29) is 23.6 Å². The fourth-order valence-corrected chi connectivity index (χ4v) is 3.89. The van der Waals surface area contributed by atoms with Crippen molar-refractivity contribution in [3.8, 4) is 5.75 Å². The van der Waals surface area contributed by atoms with Crippen molar-refractivity contribution in [2.24, 2.45) is 0 Å². The van der Waals surface area contributed by atoms with Gasteiger partial charge in [-0.25, -0.2) is 9.78 Å². The van der Waals surface area contributed by atoms with Gasteiger partial charge in [-0.1, -0.05) is 18.2 Å². The Hall–Kier alpha value is -2.93. The van der Waals surface area contributed by atoms with Crippen LogP contribution in [0.15, 0.2) is 29.1 Å². The number of hydrogen-bond acceptors (Lipinski definition) is 6. The topological polar surface area (TPSA) is 81.3 Å². The summed E-state index contributed by atoms with van der Waals surface area (Å²) in [7, 11) is 0. The number of ether oxygens (including phenoxy) is 2. The van der Waals surface area contributed by atoms with Gasteiger partial charge in [-0.3, -0.25) is 4.79 Å². The highest BCUT2D eigenvalue weighted by atomic mass is 32.1. The van der Waals surface area contributed by atoms with Gasteiger partial charge in [0, 0.05) is 10.4 Å². The largest absolute Gasteiger partial charge is 0.493 e. The number of benzene rings is 1. The lowest BCUT2D eigenvalue weighted by Gasteiger charge is -2.10. The van der Waals surface area contributed by atoms with Crippen molar-refractivity contribution in [2.45, 2.75) is 27.7 Å². The summed E-state index contributed by atoms with van der Waals surface area (Å²) in [6.07, 6.45) is 1.64. The first-order valence-electron chi connectivity index (χ1n) is 9.07. The number of para-hydroxylation sites is 1. The number of carbonyl (C=O) groups is 1. The maximum atomic E-state index is 12.6. The molecule has 0 radical (unpaired) electrons. The summed E-state index contributed by atoms with van der Waals surface area (Å²) in [6, 6.07) is 7.36. The predicted molar refractivity (Wildman–Crippen MR) is 112 cm³/mol. The number of carbonyl (C=O) groups excluding carboxylic acids is 1. The molecule has 0 spiro atoms. The van der Waals surface area contributed by atoms with Gasteiger partial charge in [0.15, 0.2) is 0 Å². The summed E-state index contributed by atoms with van der Waals surface area (Å²) in [4.78, 5) is 34.2. The van der Waals surface area contributed by atoms with Gasteiger partial charge in [0.25, 0.3) is 5.56 Å². The van der Waals surface area contributed by atoms with Crippen LogP contribution in [-0.4, -0.2) is 29.2 Å². The van der Waals surface area contributed by atoms with Crippen LogP contribution in [-0.2, 0) is 9.53 Å². The monoisotopic (exact) mass is 398 g/mol. The van der Waals surface area contributed by atoms with Crippen LogP contribution in [0.4, 0.5) is 0 Å². The standard InChI is InChI=1S/C21H22N2O4S/c1-5-26-16-10-8-7-9-14(16)11-15(21(25)27-6-2)18-22-19(24)17-12(3)13(4)28-20(17)23-18/h7-11H,5-6H2,1-4H3,(H,22,23,24)/b15-11-. The average molecular weight is 398 g/mol. The molecule has 6 nitrogen and oxygen atoms in total. The number of rotatable bonds is 6. The number of aryl methyl sites for hydroxylation is 2. The van der Waals surface area contributed by atoms with E-state index in [4.69, 9.17) is 9.47 Å². The fraction of sp³-hybridized carbons (Fsp3) is 0.286. The second-order valence-electron chi connectivity index (χ2n) is 6.13. The number of aromatic amines is 1. The molecule has 28 heavy (non-hydrogen) atoms. The Morgan fingerprint density at radius 3 is 2.68 bits per heavy atom. The van der Waals surface area contributed by atoms with E-state index >= 15 is 0 Å². The highest BCUT2D eigenvalue weighted by Gasteiger charge is 2.20. The molecule has 0 saturated heterocycles. The molecule has 146 valence electrons. The summed E-state index contributed by atoms with van der Waals surface area (Å²) in [5.74, 6) is 0.267. The minimum absolute atomic E-state index is 0.178. The van der Waals surface area contributed by atoms with Crippen molar-refractivity contribution in [1.29, 1.82) is 0 Å². The van der Waals surface area contributed by atoms with E-state index in [1.54, 1.807) is 13.0 Å². The number of hydrogen-bond donors (Lipinski definition) is 1. The van der Waals surface area contributed by atoms with Gasteiger partial charge in [-0.15, -0.1) is 11.3 Å². The first kappa shape index (κ1) is 19.8. The van der Waals surface area contributed by atoms with Crippen molar-refractivity contribution >= 4 is 39.2 Å². The van der Waals surface area contributed by atoms with Gasteiger partial charge < -0.3 is 14.5 Å². The molecule has 0 amide bonds. The number of fused-ring (bicyclic) bond motifs is 1. The second kappa shape index (κ2) is 8.39. The van der Waals surface area contributed by atoms with Crippen molar-refractivity contribution in [1.82, 2.24) is 9.97 Å². The average Bonchev–Trinajstić information content (AvgIpc) is 2.95. The number of aromatic nitrogens is 2. The van der Waals surface area contributed by atoms with Gasteiger partial charge in [-0.2, -0.15) is 0 Å². The van der Waals surface area contributed by atoms with Crippen LogP contribution in [0, 0.1) is 13.8 Å². The van der Waals surface area contributed by atoms with Gasteiger partial charge in [0.1, 0.15) is 22.0 Å². The van der Waals surface area contributed by atoms with Crippen LogP contribution in [0.1, 0.15) is 35.7 Å². The quantitative estimate of drug-likeness (QED) is 0.499. The third-order valence-electron chi connectivity index (χ3n) is 4.31. The molecule has 0 saturated carbocycles. The van der Waals surface area contributed by atoms with Crippen molar-refractivity contribution in [3.63, 3.8) is 0 Å². The lowest BCUT2D eigenvalue weighted by Crippen LogP contribution is -2.15. The lowest BCUT2D eigenvalue weighted by molar-refractivity contribution is -0.136. The third-order valence-corrected chi connectivity index (χ3v) is 5.41. The zero-order valence-electron chi connectivity index (χ0n) is 16.3. The Morgan fingerprint density at radius 1 is 1.21 bits per heavy atom. The number of esters is 1. The van der Waals surface area contributed by atoms with Crippen molar-refractivity contribution in [2.75, 3.05) is 13.2 Å². The summed E-state index contributed by atoms with van der Waals surface area (Å²) >= 11 is 1.43. The maximum Gasteiger partial charge on any atom is 0.341 e. The number of nitrogens with one attached hydrogen (secondary N) is 1. The minimum Gasteiger partial charge on any atom is -0.493 e. The third kappa shape index (κ3) is 3.84. The van der Waals surface area contributed by atoms with Gasteiger partial charge >= 0.3 is 5.97 Å². The highest BCUT2D eigenvalue weighted by molar-refractivity contribution is 7.18. The molecule has 3 rings (SSSR count). The Morgan fingerprint density at radius 2 is 1.96 bits per heavy atom. The normalized spacial score (nSPS) is 11.6. The predicted octanol–water partition coefficient (Wildman–Crippen LogP) is 4.10. The Kier molecular flexibility index (Phi) is 5.94. The summed E-state index contributed by atoms with van der Waals surface area (Å²) in [5, 5.41) is 0.559. The van der Waals surface area contributed by atoms with Gasteiger partial charge in [0.05, 0.1) is 18.6 Å². The van der Waals surface area contributed by atoms with Crippen LogP contribution in [0.2, 0.25) is 0 Å². The van der Waals surface area contributed by atoms with E-state index < -0.39 is 5.97 Å². The smallest absolute Gasteiger partial charge is 0.341 e. The molecule has 0 aliphatic heterocycles. The molecule has 7 heteroatoms. The summed E-state index contributed by atoms with van der Waals surface area (Å²) < 4.78 is 10.8. The molecule has 2 aromatic heterocycles. The first-order chi connectivity index (χ1) is 13.5. The maximum absolute atomic E-state index is 12.6. The summed E-state index contributed by atoms with van der Waals surface area (Å²) in [5.41, 5.74) is 1.52. The first-order valence-corrected chi connectivity index (χ1v) is 9.88. The Labute approximate surface area is 166 Å². The molecule has 0 bridgehead atoms. The molecule has 0 unspecified atom stereocenters. The van der Waals surface area contributed by atoms with E-state index in [9.17, 15) is 9.59 Å². The molecule has 1 N–H and O–H groups in total. The van der Waals surface area contributed by atoms with E-state index in [0.29, 0.717) is 28.1 Å². The van der Waals surface area contributed by atoms with Crippen LogP contribution < -0.4 is 10.3 Å². The van der Waals surface area contributed by atoms with Crippen LogP contribution in [0.3, 0.4) is 0 Å². The Balaban J connectivity index is 2.21. The molecule has 0 fully saturated rings. The van der Waals surface area contributed by atoms with Crippen molar-refractivity contribution in [3.05, 3.63) is 56.4 Å². The molecule has 1 aromatic carbocycles. The molecule has 2 heterocycles. The van der Waals surface area contributed by atoms with Crippen LogP contribution in [0.25, 0.3) is 21.9 Å². The van der Waals surface area contributed by atoms with E-state index in [1.165, 1.54) is 11.3 Å². The molecular weight excluding hydrogens is 376 g/mol. The van der Waals surface area contributed by atoms with E-state index in [0.717, 1.165) is 10.4 Å². The SMILES string of the molecule is CCOC(=O)/C(=C\c1ccccc1OCC)c1nc2sc(C)c(C)c2c(=O)[nH]1. The summed E-state index contributed by atoms with van der Waals surface area (Å²) in [6.45, 7) is 8.17. The van der Waals surface area contributed by atoms with Crippen LogP contribution >= 0.6 is 11.3 Å². The molecule has 0 aliphatic rings. The second-order valence-corrected chi connectivity index (χ2v) is 7.33. The van der Waals surface area contributed by atoms with Gasteiger partial charge in [-0.05, 0) is 45.4 Å². The number of nitrogens with zero attached hydrogens (tertiary/aromatic N) is 1. The van der Waals surface area contributed by atoms with E-state index in [1.807, 2.05) is 45.0 Å². The fourth-order valence-electron chi connectivity index (χ4n) is 2.86. The minimum atomic E-state index is -0.554. The molecule has 0 atom stereocenters. The molecular formula is C21H22N2O4S. The van der Waals surface area contributed by atoms with Crippen molar-refractivity contribution < 1.29 is 14.3 Å². The van der Waals surface area contributed by atoms with Gasteiger partial charge in [0.2, 0.25) is 0 Å². The lowest BCUT2D eigenvalue weighted by atomic mass is 10.1. The van der Waals surface area contributed by atoms with Crippen LogP contribution in [0.5, 0.6) is 5.75 Å². The Bertz CT molecular complexity index is 1110. The zero-order valence-corrected chi connectivity index (χ0v) is 17.1. The zero-order chi connectivity index (χ0) is 20.3. The van der Waals surface area contributed by atoms with E-state index in [2.05, 4.69) is 9.97 Å². The highest BCUT2D eigenvalue weighted by Crippen LogP contribution is 2.28.